The lowest BCUT2D eigenvalue weighted by atomic mass is 10.1. The van der Waals surface area contributed by atoms with Gasteiger partial charge in [0.1, 0.15) is 0 Å². The van der Waals surface area contributed by atoms with E-state index in [1.807, 2.05) is 23.7 Å². The molecule has 0 fully saturated rings. The summed E-state index contributed by atoms with van der Waals surface area (Å²) in [6.07, 6.45) is 0. The Morgan fingerprint density at radius 1 is 1.14 bits per heavy atom. The van der Waals surface area contributed by atoms with Crippen molar-refractivity contribution in [2.75, 3.05) is 0 Å². The van der Waals surface area contributed by atoms with Crippen LogP contribution in [0.4, 0.5) is 0 Å². The highest BCUT2D eigenvalue weighted by Gasteiger charge is 2.02. The van der Waals surface area contributed by atoms with Gasteiger partial charge < -0.3 is 0 Å². The zero-order valence-corrected chi connectivity index (χ0v) is 8.77. The van der Waals surface area contributed by atoms with Gasteiger partial charge in [0, 0.05) is 10.4 Å². The summed E-state index contributed by atoms with van der Waals surface area (Å²) >= 11 is 7.60. The molecule has 0 radical (unpaired) electrons. The van der Waals surface area contributed by atoms with E-state index in [4.69, 9.17) is 11.6 Å². The Morgan fingerprint density at radius 3 is 3.00 bits per heavy atom. The average Bonchev–Trinajstić information content (AvgIpc) is 2.65. The van der Waals surface area contributed by atoms with Crippen LogP contribution >= 0.6 is 22.9 Å². The number of hydrogen-bond acceptors (Lipinski definition) is 2. The van der Waals surface area contributed by atoms with Crippen molar-refractivity contribution in [2.24, 2.45) is 0 Å². The number of rotatable bonds is 0. The van der Waals surface area contributed by atoms with E-state index in [1.54, 1.807) is 11.3 Å². The molecular formula is C11H6ClNS. The molecule has 0 N–H and O–H groups in total. The molecule has 3 rings (SSSR count). The third-order valence-electron chi connectivity index (χ3n) is 2.27. The van der Waals surface area contributed by atoms with E-state index in [1.165, 1.54) is 15.5 Å². The summed E-state index contributed by atoms with van der Waals surface area (Å²) in [5, 5.41) is 3.19. The minimum atomic E-state index is 0.779. The summed E-state index contributed by atoms with van der Waals surface area (Å²) in [5.41, 5.74) is 2.93. The minimum Gasteiger partial charge on any atom is -0.245 e. The zero-order chi connectivity index (χ0) is 9.54. The first kappa shape index (κ1) is 8.21. The largest absolute Gasteiger partial charge is 0.245 e. The van der Waals surface area contributed by atoms with Crippen LogP contribution in [0.2, 0.25) is 5.02 Å². The summed E-state index contributed by atoms with van der Waals surface area (Å²) in [6.45, 7) is 0. The summed E-state index contributed by atoms with van der Waals surface area (Å²) in [6, 6.07) is 10.0. The first-order valence-electron chi connectivity index (χ1n) is 4.26. The predicted molar refractivity (Wildman–Crippen MR) is 62.1 cm³/mol. The van der Waals surface area contributed by atoms with E-state index in [2.05, 4.69) is 17.1 Å². The molecule has 0 unspecified atom stereocenters. The monoisotopic (exact) mass is 219 g/mol. The first-order valence-corrected chi connectivity index (χ1v) is 5.52. The maximum absolute atomic E-state index is 5.93. The van der Waals surface area contributed by atoms with Crippen molar-refractivity contribution >= 4 is 43.9 Å². The number of fused-ring (bicyclic) bond motifs is 3. The first-order chi connectivity index (χ1) is 6.84. The van der Waals surface area contributed by atoms with Crippen molar-refractivity contribution < 1.29 is 0 Å². The van der Waals surface area contributed by atoms with E-state index in [9.17, 15) is 0 Å². The van der Waals surface area contributed by atoms with Gasteiger partial charge in [0.2, 0.25) is 0 Å². The molecule has 14 heavy (non-hydrogen) atoms. The van der Waals surface area contributed by atoms with Crippen molar-refractivity contribution in [2.45, 2.75) is 0 Å². The van der Waals surface area contributed by atoms with Gasteiger partial charge >= 0.3 is 0 Å². The fourth-order valence-electron chi connectivity index (χ4n) is 1.62. The van der Waals surface area contributed by atoms with E-state index >= 15 is 0 Å². The lowest BCUT2D eigenvalue weighted by Crippen LogP contribution is -1.73. The molecule has 0 aliphatic heterocycles. The maximum Gasteiger partial charge on any atom is 0.0818 e. The van der Waals surface area contributed by atoms with Gasteiger partial charge in [-0.3, -0.25) is 0 Å². The minimum absolute atomic E-state index is 0.779. The van der Waals surface area contributed by atoms with Crippen LogP contribution in [0.3, 0.4) is 0 Å². The van der Waals surface area contributed by atoms with E-state index < -0.39 is 0 Å². The standard InChI is InChI=1S/C11H6ClNS/c12-8-2-3-9-7(5-8)1-4-10-11(9)14-6-13-10/h1-6H. The third-order valence-corrected chi connectivity index (χ3v) is 3.38. The van der Waals surface area contributed by atoms with Crippen molar-refractivity contribution in [1.29, 1.82) is 0 Å². The second-order valence-corrected chi connectivity index (χ2v) is 4.42. The molecule has 3 aromatic rings. The van der Waals surface area contributed by atoms with Crippen LogP contribution in [0.25, 0.3) is 21.0 Å². The van der Waals surface area contributed by atoms with Crippen LogP contribution in [0, 0.1) is 0 Å². The van der Waals surface area contributed by atoms with E-state index in [0.717, 1.165) is 10.5 Å². The van der Waals surface area contributed by atoms with Crippen LogP contribution in [0.15, 0.2) is 35.8 Å². The van der Waals surface area contributed by atoms with Gasteiger partial charge in [-0.1, -0.05) is 23.7 Å². The lowest BCUT2D eigenvalue weighted by molar-refractivity contribution is 1.51. The molecule has 0 aliphatic carbocycles. The Kier molecular flexibility index (Phi) is 1.72. The Bertz CT molecular complexity index is 615. The van der Waals surface area contributed by atoms with Gasteiger partial charge in [0.25, 0.3) is 0 Å². The number of nitrogens with zero attached hydrogens (tertiary/aromatic N) is 1. The highest BCUT2D eigenvalue weighted by molar-refractivity contribution is 7.17. The fraction of sp³-hybridized carbons (Fsp3) is 0. The Morgan fingerprint density at radius 2 is 2.07 bits per heavy atom. The van der Waals surface area contributed by atoms with Crippen molar-refractivity contribution in [3.05, 3.63) is 40.9 Å². The molecule has 1 heterocycles. The van der Waals surface area contributed by atoms with E-state index in [0.29, 0.717) is 0 Å². The van der Waals surface area contributed by atoms with Gasteiger partial charge in [-0.15, -0.1) is 11.3 Å². The quantitative estimate of drug-likeness (QED) is 0.555. The molecule has 0 saturated heterocycles. The molecule has 1 nitrogen and oxygen atoms in total. The van der Waals surface area contributed by atoms with Crippen molar-refractivity contribution in [3.8, 4) is 0 Å². The summed E-state index contributed by atoms with van der Waals surface area (Å²) < 4.78 is 1.24. The Balaban J connectivity index is 2.57. The van der Waals surface area contributed by atoms with Crippen LogP contribution in [0.5, 0.6) is 0 Å². The average molecular weight is 220 g/mol. The molecule has 0 bridgehead atoms. The zero-order valence-electron chi connectivity index (χ0n) is 7.20. The molecule has 0 saturated carbocycles. The molecule has 1 aromatic heterocycles. The second-order valence-electron chi connectivity index (χ2n) is 3.13. The molecule has 0 atom stereocenters. The molecule has 0 aliphatic rings. The predicted octanol–water partition coefficient (Wildman–Crippen LogP) is 4.10. The van der Waals surface area contributed by atoms with Crippen LogP contribution in [-0.2, 0) is 0 Å². The SMILES string of the molecule is Clc1ccc2c(ccc3ncsc32)c1. The smallest absolute Gasteiger partial charge is 0.0818 e. The normalized spacial score (nSPS) is 11.2. The van der Waals surface area contributed by atoms with Gasteiger partial charge in [0.05, 0.1) is 15.7 Å². The number of thiazole rings is 1. The summed E-state index contributed by atoms with van der Waals surface area (Å²) in [5.74, 6) is 0. The van der Waals surface area contributed by atoms with E-state index in [-0.39, 0.29) is 0 Å². The van der Waals surface area contributed by atoms with Crippen LogP contribution in [0.1, 0.15) is 0 Å². The summed E-state index contributed by atoms with van der Waals surface area (Å²) in [4.78, 5) is 4.28. The molecule has 68 valence electrons. The van der Waals surface area contributed by atoms with Gasteiger partial charge in [-0.25, -0.2) is 4.98 Å². The van der Waals surface area contributed by atoms with Gasteiger partial charge in [-0.05, 0) is 23.6 Å². The number of hydrogen-bond donors (Lipinski definition) is 0. The lowest BCUT2D eigenvalue weighted by Gasteiger charge is -1.98. The topological polar surface area (TPSA) is 12.9 Å². The van der Waals surface area contributed by atoms with Gasteiger partial charge in [0.15, 0.2) is 0 Å². The number of halogens is 1. The van der Waals surface area contributed by atoms with Crippen molar-refractivity contribution in [1.82, 2.24) is 4.98 Å². The highest BCUT2D eigenvalue weighted by atomic mass is 35.5. The maximum atomic E-state index is 5.93. The van der Waals surface area contributed by atoms with Crippen LogP contribution in [-0.4, -0.2) is 4.98 Å². The molecule has 0 spiro atoms. The summed E-state index contributed by atoms with van der Waals surface area (Å²) in [7, 11) is 0. The molecule has 3 heteroatoms. The number of aromatic nitrogens is 1. The Labute approximate surface area is 90.0 Å². The molecular weight excluding hydrogens is 214 g/mol. The number of benzene rings is 2. The van der Waals surface area contributed by atoms with Gasteiger partial charge in [-0.2, -0.15) is 0 Å². The second kappa shape index (κ2) is 2.94. The highest BCUT2D eigenvalue weighted by Crippen LogP contribution is 2.29. The fourth-order valence-corrected chi connectivity index (χ4v) is 2.63. The Hall–Kier alpha value is -1.12. The third kappa shape index (κ3) is 1.11. The van der Waals surface area contributed by atoms with Crippen molar-refractivity contribution in [3.63, 3.8) is 0 Å². The molecule has 2 aromatic carbocycles. The van der Waals surface area contributed by atoms with Crippen LogP contribution < -0.4 is 0 Å². The molecule has 0 amide bonds.